The van der Waals surface area contributed by atoms with Gasteiger partial charge in [0, 0.05) is 18.2 Å². The van der Waals surface area contributed by atoms with E-state index in [1.807, 2.05) is 0 Å². The van der Waals surface area contributed by atoms with Crippen LogP contribution in [0.3, 0.4) is 0 Å². The number of carbonyl (C=O) groups excluding carboxylic acids is 1. The summed E-state index contributed by atoms with van der Waals surface area (Å²) in [5.74, 6) is 0.332. The van der Waals surface area contributed by atoms with E-state index in [1.54, 1.807) is 18.3 Å². The monoisotopic (exact) mass is 235 g/mol. The average Bonchev–Trinajstić information content (AvgIpc) is 2.27. The Morgan fingerprint density at radius 2 is 2.41 bits per heavy atom. The summed E-state index contributed by atoms with van der Waals surface area (Å²) in [4.78, 5) is 15.8. The number of nitrogens with one attached hydrogen (secondary N) is 1. The van der Waals surface area contributed by atoms with Gasteiger partial charge in [-0.05, 0) is 31.4 Å². The van der Waals surface area contributed by atoms with E-state index in [0.717, 1.165) is 19.3 Å². The molecule has 0 bridgehead atoms. The van der Waals surface area contributed by atoms with Crippen LogP contribution in [0, 0.1) is 0 Å². The van der Waals surface area contributed by atoms with Crippen LogP contribution in [0.5, 0.6) is 5.88 Å². The minimum absolute atomic E-state index is 0.0847. The number of methoxy groups -OCH3 is 1. The summed E-state index contributed by atoms with van der Waals surface area (Å²) >= 11 is 0. The van der Waals surface area contributed by atoms with Crippen molar-refractivity contribution < 1.29 is 9.53 Å². The van der Waals surface area contributed by atoms with E-state index in [9.17, 15) is 4.79 Å². The Labute approximate surface area is 100 Å². The third-order valence-corrected chi connectivity index (χ3v) is 3.10. The first kappa shape index (κ1) is 11.9. The number of nitrogens with zero attached hydrogens (tertiary/aromatic N) is 1. The Morgan fingerprint density at radius 3 is 3.00 bits per heavy atom. The van der Waals surface area contributed by atoms with E-state index in [-0.39, 0.29) is 11.4 Å². The fraction of sp³-hybridized carbons (Fsp3) is 0.500. The Kier molecular flexibility index (Phi) is 3.28. The molecule has 5 heteroatoms. The lowest BCUT2D eigenvalue weighted by atomic mass is 9.75. The molecule has 1 saturated carbocycles. The highest BCUT2D eigenvalue weighted by atomic mass is 16.5. The first-order valence-electron chi connectivity index (χ1n) is 5.71. The fourth-order valence-electron chi connectivity index (χ4n) is 1.97. The number of aromatic nitrogens is 1. The van der Waals surface area contributed by atoms with Crippen molar-refractivity contribution in [2.24, 2.45) is 5.73 Å². The number of anilines is 1. The highest BCUT2D eigenvalue weighted by Crippen LogP contribution is 2.32. The summed E-state index contributed by atoms with van der Waals surface area (Å²) in [5, 5.41) is 2.78. The number of nitrogens with two attached hydrogens (primary N) is 1. The highest BCUT2D eigenvalue weighted by Gasteiger charge is 2.34. The smallest absolute Gasteiger partial charge is 0.237 e. The lowest BCUT2D eigenvalue weighted by Gasteiger charge is -2.37. The molecule has 0 radical (unpaired) electrons. The van der Waals surface area contributed by atoms with Crippen molar-refractivity contribution in [2.45, 2.75) is 31.2 Å². The van der Waals surface area contributed by atoms with Gasteiger partial charge in [0.05, 0.1) is 7.11 Å². The lowest BCUT2D eigenvalue weighted by molar-refractivity contribution is -0.118. The number of ether oxygens (including phenoxy) is 1. The van der Waals surface area contributed by atoms with E-state index in [2.05, 4.69) is 10.3 Å². The van der Waals surface area contributed by atoms with Gasteiger partial charge >= 0.3 is 0 Å². The molecule has 5 nitrogen and oxygen atoms in total. The average molecular weight is 235 g/mol. The van der Waals surface area contributed by atoms with Gasteiger partial charge in [0.25, 0.3) is 0 Å². The van der Waals surface area contributed by atoms with Crippen LogP contribution in [0.25, 0.3) is 0 Å². The zero-order chi connectivity index (χ0) is 12.3. The first-order valence-corrected chi connectivity index (χ1v) is 5.71. The zero-order valence-corrected chi connectivity index (χ0v) is 9.90. The van der Waals surface area contributed by atoms with Crippen LogP contribution < -0.4 is 15.8 Å². The van der Waals surface area contributed by atoms with Crippen molar-refractivity contribution in [2.75, 3.05) is 12.4 Å². The van der Waals surface area contributed by atoms with E-state index < -0.39 is 0 Å². The van der Waals surface area contributed by atoms with Gasteiger partial charge in [0.1, 0.15) is 5.69 Å². The van der Waals surface area contributed by atoms with Crippen molar-refractivity contribution >= 4 is 11.6 Å². The van der Waals surface area contributed by atoms with Gasteiger partial charge in [0.15, 0.2) is 0 Å². The maximum atomic E-state index is 11.8. The highest BCUT2D eigenvalue weighted by molar-refractivity contribution is 5.92. The van der Waals surface area contributed by atoms with Crippen LogP contribution in [-0.4, -0.2) is 23.5 Å². The minimum Gasteiger partial charge on any atom is -0.480 e. The molecule has 3 N–H and O–H groups in total. The zero-order valence-electron chi connectivity index (χ0n) is 9.90. The predicted octanol–water partition coefficient (Wildman–Crippen LogP) is 1.30. The quantitative estimate of drug-likeness (QED) is 0.824. The largest absolute Gasteiger partial charge is 0.480 e. The molecular formula is C12H17N3O2. The normalized spacial score (nSPS) is 17.1. The van der Waals surface area contributed by atoms with Gasteiger partial charge < -0.3 is 15.8 Å². The third kappa shape index (κ3) is 2.74. The maximum Gasteiger partial charge on any atom is 0.237 e. The Hall–Kier alpha value is -1.62. The van der Waals surface area contributed by atoms with Crippen molar-refractivity contribution in [1.82, 2.24) is 4.98 Å². The molecule has 0 aromatic carbocycles. The predicted molar refractivity (Wildman–Crippen MR) is 64.8 cm³/mol. The number of hydrogen-bond acceptors (Lipinski definition) is 4. The molecule has 1 aromatic rings. The number of pyridine rings is 1. The molecule has 1 aliphatic carbocycles. The molecule has 92 valence electrons. The van der Waals surface area contributed by atoms with Crippen molar-refractivity contribution in [3.63, 3.8) is 0 Å². The lowest BCUT2D eigenvalue weighted by Crippen LogP contribution is -2.48. The standard InChI is InChI=1S/C12H17N3O2/c1-17-11-9(4-2-7-14-11)15-10(16)8-12(13)5-3-6-12/h2,4,7H,3,5-6,8,13H2,1H3,(H,15,16). The molecule has 1 aromatic heterocycles. The SMILES string of the molecule is COc1ncccc1NC(=O)CC1(N)CCC1. The summed E-state index contributed by atoms with van der Waals surface area (Å²) < 4.78 is 5.06. The molecule has 1 heterocycles. The van der Waals surface area contributed by atoms with Gasteiger partial charge in [-0.1, -0.05) is 0 Å². The molecule has 17 heavy (non-hydrogen) atoms. The summed E-state index contributed by atoms with van der Waals surface area (Å²) in [6.45, 7) is 0. The van der Waals surface area contributed by atoms with Crippen LogP contribution >= 0.6 is 0 Å². The Bertz CT molecular complexity index is 416. The molecule has 0 aliphatic heterocycles. The topological polar surface area (TPSA) is 77.2 Å². The van der Waals surface area contributed by atoms with Crippen LogP contribution in [-0.2, 0) is 4.79 Å². The van der Waals surface area contributed by atoms with E-state index in [0.29, 0.717) is 18.0 Å². The van der Waals surface area contributed by atoms with Gasteiger partial charge in [-0.2, -0.15) is 0 Å². The van der Waals surface area contributed by atoms with Crippen LogP contribution in [0.1, 0.15) is 25.7 Å². The third-order valence-electron chi connectivity index (χ3n) is 3.10. The molecule has 1 aliphatic rings. The summed E-state index contributed by atoms with van der Waals surface area (Å²) in [7, 11) is 1.52. The molecule has 1 amide bonds. The number of rotatable bonds is 4. The molecule has 2 rings (SSSR count). The van der Waals surface area contributed by atoms with Gasteiger partial charge in [0.2, 0.25) is 11.8 Å². The van der Waals surface area contributed by atoms with Crippen molar-refractivity contribution in [3.05, 3.63) is 18.3 Å². The molecule has 0 atom stereocenters. The summed E-state index contributed by atoms with van der Waals surface area (Å²) in [6, 6.07) is 3.51. The van der Waals surface area contributed by atoms with Crippen molar-refractivity contribution in [3.8, 4) is 5.88 Å². The van der Waals surface area contributed by atoms with Crippen LogP contribution in [0.4, 0.5) is 5.69 Å². The number of amides is 1. The first-order chi connectivity index (χ1) is 8.13. The van der Waals surface area contributed by atoms with E-state index >= 15 is 0 Å². The molecule has 0 unspecified atom stereocenters. The number of hydrogen-bond donors (Lipinski definition) is 2. The summed E-state index contributed by atoms with van der Waals surface area (Å²) in [5.41, 5.74) is 6.30. The molecule has 0 saturated heterocycles. The summed E-state index contributed by atoms with van der Waals surface area (Å²) in [6.07, 6.45) is 4.92. The molecule has 0 spiro atoms. The van der Waals surface area contributed by atoms with Gasteiger partial charge in [-0.3, -0.25) is 4.79 Å². The molecular weight excluding hydrogens is 218 g/mol. The van der Waals surface area contributed by atoms with E-state index in [1.165, 1.54) is 7.11 Å². The van der Waals surface area contributed by atoms with E-state index in [4.69, 9.17) is 10.5 Å². The van der Waals surface area contributed by atoms with Crippen molar-refractivity contribution in [1.29, 1.82) is 0 Å². The fourth-order valence-corrected chi connectivity index (χ4v) is 1.97. The van der Waals surface area contributed by atoms with Gasteiger partial charge in [-0.25, -0.2) is 4.98 Å². The second-order valence-electron chi connectivity index (χ2n) is 4.50. The van der Waals surface area contributed by atoms with Crippen LogP contribution in [0.15, 0.2) is 18.3 Å². The minimum atomic E-state index is -0.306. The Morgan fingerprint density at radius 1 is 1.65 bits per heavy atom. The second kappa shape index (κ2) is 4.71. The Balaban J connectivity index is 1.98. The second-order valence-corrected chi connectivity index (χ2v) is 4.50. The van der Waals surface area contributed by atoms with Gasteiger partial charge in [-0.15, -0.1) is 0 Å². The molecule has 1 fully saturated rings. The number of carbonyl (C=O) groups is 1. The van der Waals surface area contributed by atoms with Crippen LogP contribution in [0.2, 0.25) is 0 Å². The maximum absolute atomic E-state index is 11.8.